The third kappa shape index (κ3) is 4.12. The van der Waals surface area contributed by atoms with Gasteiger partial charge in [0, 0.05) is 24.9 Å². The number of rotatable bonds is 6. The van der Waals surface area contributed by atoms with Gasteiger partial charge in [-0.1, -0.05) is 23.4 Å². The van der Waals surface area contributed by atoms with Gasteiger partial charge in [-0.25, -0.2) is 4.98 Å². The largest absolute Gasteiger partial charge is 0.487 e. The van der Waals surface area contributed by atoms with Crippen molar-refractivity contribution in [3.8, 4) is 17.1 Å². The fourth-order valence-corrected chi connectivity index (χ4v) is 2.70. The van der Waals surface area contributed by atoms with Crippen molar-refractivity contribution in [3.05, 3.63) is 90.0 Å². The van der Waals surface area contributed by atoms with Crippen LogP contribution >= 0.6 is 0 Å². The Morgan fingerprint density at radius 1 is 0.889 bits per heavy atom. The minimum absolute atomic E-state index is 0.426. The average molecular weight is 358 g/mol. The Balaban J connectivity index is 1.39. The fraction of sp³-hybridized carbons (Fsp3) is 0.0952. The Hall–Kier alpha value is -3.67. The van der Waals surface area contributed by atoms with Crippen LogP contribution in [0.25, 0.3) is 11.3 Å². The summed E-state index contributed by atoms with van der Waals surface area (Å²) in [4.78, 5) is 8.31. The standard InChI is InChI=1S/C21H18N4O2/c22-21-19(5-3-11-24-21)20-13-17(25-27-20)12-15-6-8-18(9-7-15)26-14-16-4-1-2-10-23-16/h1-11,13H,12,14H2,(H2,22,24). The molecule has 6 heteroatoms. The summed E-state index contributed by atoms with van der Waals surface area (Å²) >= 11 is 0. The van der Waals surface area contributed by atoms with E-state index < -0.39 is 0 Å². The summed E-state index contributed by atoms with van der Waals surface area (Å²) in [5, 5.41) is 4.13. The maximum atomic E-state index is 5.88. The molecule has 0 aliphatic carbocycles. The predicted octanol–water partition coefficient (Wildman–Crippen LogP) is 3.88. The molecule has 0 amide bonds. The van der Waals surface area contributed by atoms with Crippen molar-refractivity contribution >= 4 is 5.82 Å². The molecule has 27 heavy (non-hydrogen) atoms. The van der Waals surface area contributed by atoms with E-state index >= 15 is 0 Å². The third-order valence-corrected chi connectivity index (χ3v) is 4.08. The molecular weight excluding hydrogens is 340 g/mol. The molecule has 0 spiro atoms. The van der Waals surface area contributed by atoms with Gasteiger partial charge in [-0.05, 0) is 42.0 Å². The number of aromatic nitrogens is 3. The zero-order valence-electron chi connectivity index (χ0n) is 14.6. The van der Waals surface area contributed by atoms with Crippen molar-refractivity contribution < 1.29 is 9.26 Å². The van der Waals surface area contributed by atoms with Crippen LogP contribution in [0.15, 0.2) is 77.6 Å². The van der Waals surface area contributed by atoms with Crippen molar-refractivity contribution in [1.29, 1.82) is 0 Å². The van der Waals surface area contributed by atoms with Crippen LogP contribution in [0.3, 0.4) is 0 Å². The van der Waals surface area contributed by atoms with Gasteiger partial charge < -0.3 is 15.0 Å². The van der Waals surface area contributed by atoms with Gasteiger partial charge in [-0.2, -0.15) is 0 Å². The second kappa shape index (κ2) is 7.70. The van der Waals surface area contributed by atoms with Gasteiger partial charge in [0.1, 0.15) is 18.2 Å². The van der Waals surface area contributed by atoms with Gasteiger partial charge in [0.25, 0.3) is 0 Å². The van der Waals surface area contributed by atoms with Gasteiger partial charge in [-0.15, -0.1) is 0 Å². The Morgan fingerprint density at radius 2 is 1.74 bits per heavy atom. The van der Waals surface area contributed by atoms with E-state index in [4.69, 9.17) is 15.0 Å². The molecular formula is C21H18N4O2. The Labute approximate surface area is 156 Å². The van der Waals surface area contributed by atoms with E-state index in [2.05, 4.69) is 15.1 Å². The van der Waals surface area contributed by atoms with E-state index in [1.807, 2.05) is 60.7 Å². The van der Waals surface area contributed by atoms with Crippen LogP contribution in [0.4, 0.5) is 5.82 Å². The quantitative estimate of drug-likeness (QED) is 0.563. The summed E-state index contributed by atoms with van der Waals surface area (Å²) in [5.74, 6) is 1.84. The fourth-order valence-electron chi connectivity index (χ4n) is 2.70. The number of anilines is 1. The van der Waals surface area contributed by atoms with Crippen LogP contribution < -0.4 is 10.5 Å². The minimum atomic E-state index is 0.426. The lowest BCUT2D eigenvalue weighted by Crippen LogP contribution is -1.97. The molecule has 3 aromatic heterocycles. The molecule has 0 atom stereocenters. The third-order valence-electron chi connectivity index (χ3n) is 4.08. The summed E-state index contributed by atoms with van der Waals surface area (Å²) in [6, 6.07) is 19.2. The highest BCUT2D eigenvalue weighted by molar-refractivity contribution is 5.69. The van der Waals surface area contributed by atoms with E-state index in [1.54, 1.807) is 12.4 Å². The van der Waals surface area contributed by atoms with Crippen LogP contribution in [0, 0.1) is 0 Å². The van der Waals surface area contributed by atoms with Gasteiger partial charge >= 0.3 is 0 Å². The zero-order valence-corrected chi connectivity index (χ0v) is 14.6. The predicted molar refractivity (Wildman–Crippen MR) is 102 cm³/mol. The van der Waals surface area contributed by atoms with Gasteiger partial charge in [0.05, 0.1) is 17.0 Å². The topological polar surface area (TPSA) is 87.1 Å². The summed E-state index contributed by atoms with van der Waals surface area (Å²) in [7, 11) is 0. The molecule has 0 saturated heterocycles. The van der Waals surface area contributed by atoms with Crippen LogP contribution in [0.2, 0.25) is 0 Å². The van der Waals surface area contributed by atoms with Crippen molar-refractivity contribution in [2.75, 3.05) is 5.73 Å². The monoisotopic (exact) mass is 358 g/mol. The molecule has 3 heterocycles. The van der Waals surface area contributed by atoms with E-state index in [1.165, 1.54) is 0 Å². The smallest absolute Gasteiger partial charge is 0.170 e. The van der Waals surface area contributed by atoms with Crippen LogP contribution in [0.1, 0.15) is 17.0 Å². The summed E-state index contributed by atoms with van der Waals surface area (Å²) in [6.45, 7) is 0.444. The van der Waals surface area contributed by atoms with Gasteiger partial charge in [0.15, 0.2) is 5.76 Å². The summed E-state index contributed by atoms with van der Waals surface area (Å²) in [6.07, 6.45) is 4.06. The van der Waals surface area contributed by atoms with Crippen LogP contribution in [-0.2, 0) is 13.0 Å². The van der Waals surface area contributed by atoms with Crippen molar-refractivity contribution in [1.82, 2.24) is 15.1 Å². The zero-order chi connectivity index (χ0) is 18.5. The highest BCUT2D eigenvalue weighted by Crippen LogP contribution is 2.25. The van der Waals surface area contributed by atoms with E-state index in [-0.39, 0.29) is 0 Å². The SMILES string of the molecule is Nc1ncccc1-c1cc(Cc2ccc(OCc3ccccn3)cc2)no1. The molecule has 0 aliphatic heterocycles. The first-order valence-electron chi connectivity index (χ1n) is 8.56. The number of ether oxygens (including phenoxy) is 1. The first-order chi connectivity index (χ1) is 13.3. The molecule has 0 saturated carbocycles. The van der Waals surface area contributed by atoms with Crippen molar-refractivity contribution in [3.63, 3.8) is 0 Å². The van der Waals surface area contributed by atoms with Gasteiger partial charge in [0.2, 0.25) is 0 Å². The van der Waals surface area contributed by atoms with E-state index in [0.29, 0.717) is 24.6 Å². The average Bonchev–Trinajstić information content (AvgIpc) is 3.17. The highest BCUT2D eigenvalue weighted by Gasteiger charge is 2.10. The Kier molecular flexibility index (Phi) is 4.78. The lowest BCUT2D eigenvalue weighted by atomic mass is 10.1. The molecule has 0 radical (unpaired) electrons. The highest BCUT2D eigenvalue weighted by atomic mass is 16.5. The molecule has 6 nitrogen and oxygen atoms in total. The van der Waals surface area contributed by atoms with Gasteiger partial charge in [-0.3, -0.25) is 4.98 Å². The Bertz CT molecular complexity index is 1010. The molecule has 1 aromatic carbocycles. The minimum Gasteiger partial charge on any atom is -0.487 e. The number of hydrogen-bond donors (Lipinski definition) is 1. The van der Waals surface area contributed by atoms with E-state index in [9.17, 15) is 0 Å². The molecule has 0 bridgehead atoms. The maximum absolute atomic E-state index is 5.88. The molecule has 134 valence electrons. The first kappa shape index (κ1) is 16.8. The number of nitrogens with two attached hydrogens (primary N) is 1. The lowest BCUT2D eigenvalue weighted by Gasteiger charge is -2.06. The van der Waals surface area contributed by atoms with Crippen LogP contribution in [0.5, 0.6) is 5.75 Å². The lowest BCUT2D eigenvalue weighted by molar-refractivity contribution is 0.301. The van der Waals surface area contributed by atoms with E-state index in [0.717, 1.165) is 28.3 Å². The van der Waals surface area contributed by atoms with Crippen LogP contribution in [-0.4, -0.2) is 15.1 Å². The number of nitrogens with zero attached hydrogens (tertiary/aromatic N) is 3. The number of pyridine rings is 2. The number of hydrogen-bond acceptors (Lipinski definition) is 6. The second-order valence-electron chi connectivity index (χ2n) is 6.05. The maximum Gasteiger partial charge on any atom is 0.170 e. The Morgan fingerprint density at radius 3 is 2.52 bits per heavy atom. The summed E-state index contributed by atoms with van der Waals surface area (Å²) < 4.78 is 11.2. The molecule has 4 aromatic rings. The molecule has 4 rings (SSSR count). The van der Waals surface area contributed by atoms with Crippen molar-refractivity contribution in [2.24, 2.45) is 0 Å². The second-order valence-corrected chi connectivity index (χ2v) is 6.05. The van der Waals surface area contributed by atoms with Crippen molar-refractivity contribution in [2.45, 2.75) is 13.0 Å². The number of nitrogen functional groups attached to an aromatic ring is 1. The molecule has 0 fully saturated rings. The molecule has 0 unspecified atom stereocenters. The first-order valence-corrected chi connectivity index (χ1v) is 8.56. The molecule has 0 aliphatic rings. The number of benzene rings is 1. The molecule has 2 N–H and O–H groups in total. The normalized spacial score (nSPS) is 10.7. The summed E-state index contributed by atoms with van der Waals surface area (Å²) in [5.41, 5.74) is 9.46.